The first-order chi connectivity index (χ1) is 14.9. The molecule has 3 rings (SSSR count). The topological polar surface area (TPSA) is 85.2 Å². The van der Waals surface area contributed by atoms with E-state index >= 15 is 0 Å². The number of amides is 1. The highest BCUT2D eigenvalue weighted by Crippen LogP contribution is 2.31. The summed E-state index contributed by atoms with van der Waals surface area (Å²) in [7, 11) is 1.36. The van der Waals surface area contributed by atoms with Crippen LogP contribution in [0.1, 0.15) is 31.9 Å². The average Bonchev–Trinajstić information content (AvgIpc) is 3.27. The van der Waals surface area contributed by atoms with E-state index in [1.807, 2.05) is 30.0 Å². The lowest BCUT2D eigenvalue weighted by Crippen LogP contribution is -2.44. The predicted octanol–water partition coefficient (Wildman–Crippen LogP) is 3.67. The van der Waals surface area contributed by atoms with Gasteiger partial charge in [0.1, 0.15) is 5.75 Å². The summed E-state index contributed by atoms with van der Waals surface area (Å²) in [4.78, 5) is 27.6. The summed E-state index contributed by atoms with van der Waals surface area (Å²) in [5, 5.41) is 11.0. The van der Waals surface area contributed by atoms with Crippen molar-refractivity contribution in [1.29, 1.82) is 0 Å². The predicted molar refractivity (Wildman–Crippen MR) is 117 cm³/mol. The van der Waals surface area contributed by atoms with Crippen LogP contribution in [0.5, 0.6) is 11.5 Å². The van der Waals surface area contributed by atoms with Crippen LogP contribution < -0.4 is 9.47 Å². The van der Waals surface area contributed by atoms with Gasteiger partial charge in [-0.1, -0.05) is 30.3 Å². The molecule has 0 bridgehead atoms. The van der Waals surface area contributed by atoms with E-state index in [1.165, 1.54) is 30.9 Å². The number of hydrogen-bond donors (Lipinski definition) is 0. The molecule has 1 amide bonds. The van der Waals surface area contributed by atoms with Gasteiger partial charge < -0.3 is 14.4 Å². The molecule has 1 aliphatic rings. The van der Waals surface area contributed by atoms with Crippen molar-refractivity contribution in [3.8, 4) is 11.5 Å². The fraction of sp³-hybridized carbons (Fsp3) is 0.435. The van der Waals surface area contributed by atoms with E-state index in [4.69, 9.17) is 9.47 Å². The maximum Gasteiger partial charge on any atom is 0.311 e. The molecule has 2 atom stereocenters. The van der Waals surface area contributed by atoms with Crippen molar-refractivity contribution >= 4 is 11.6 Å². The number of nitro groups is 1. The second kappa shape index (κ2) is 10.3. The van der Waals surface area contributed by atoms with Crippen LogP contribution in [0.4, 0.5) is 5.69 Å². The molecular weight excluding hydrogens is 398 g/mol. The Bertz CT molecular complexity index is 905. The monoisotopic (exact) mass is 427 g/mol. The van der Waals surface area contributed by atoms with E-state index in [1.54, 1.807) is 0 Å². The van der Waals surface area contributed by atoms with E-state index < -0.39 is 4.92 Å². The zero-order valence-electron chi connectivity index (χ0n) is 18.2. The fourth-order valence-corrected chi connectivity index (χ4v) is 4.08. The lowest BCUT2D eigenvalue weighted by molar-refractivity contribution is -0.385. The summed E-state index contributed by atoms with van der Waals surface area (Å²) in [6.07, 6.45) is 0.919. The van der Waals surface area contributed by atoms with Crippen molar-refractivity contribution in [2.75, 3.05) is 33.4 Å². The van der Waals surface area contributed by atoms with Crippen LogP contribution in [-0.2, 0) is 4.79 Å². The van der Waals surface area contributed by atoms with Crippen LogP contribution in [0.25, 0.3) is 0 Å². The number of nitro benzene ring substituents is 1. The SMILES string of the molecule is CCN(C(=O)COc1ccc([N+](=O)[O-])c(OC)c1)C1CCN(C(C)c2ccccc2)C1. The summed E-state index contributed by atoms with van der Waals surface area (Å²) in [6.45, 7) is 6.40. The number of likely N-dealkylation sites (N-methyl/N-ethyl adjacent to an activating group) is 1. The van der Waals surface area contributed by atoms with Gasteiger partial charge in [0.25, 0.3) is 5.91 Å². The second-order valence-corrected chi connectivity index (χ2v) is 7.58. The van der Waals surface area contributed by atoms with Crippen molar-refractivity contribution in [3.63, 3.8) is 0 Å². The molecule has 0 aromatic heterocycles. The Hall–Kier alpha value is -3.13. The van der Waals surface area contributed by atoms with E-state index in [-0.39, 0.29) is 30.0 Å². The van der Waals surface area contributed by atoms with E-state index in [0.29, 0.717) is 18.3 Å². The summed E-state index contributed by atoms with van der Waals surface area (Å²) in [5.74, 6) is 0.361. The standard InChI is InChI=1S/C23H29N3O5/c1-4-25(19-12-13-24(15-19)17(2)18-8-6-5-7-9-18)23(27)16-31-20-10-11-21(26(28)29)22(14-20)30-3/h5-11,14,17,19H,4,12-13,15-16H2,1-3H3. The third-order valence-corrected chi connectivity index (χ3v) is 5.84. The molecule has 1 fully saturated rings. The fourth-order valence-electron chi connectivity index (χ4n) is 4.08. The van der Waals surface area contributed by atoms with Crippen LogP contribution in [0.2, 0.25) is 0 Å². The molecule has 2 aromatic carbocycles. The van der Waals surface area contributed by atoms with E-state index in [0.717, 1.165) is 19.5 Å². The van der Waals surface area contributed by atoms with Gasteiger partial charge in [-0.15, -0.1) is 0 Å². The molecule has 0 spiro atoms. The Morgan fingerprint density at radius 2 is 2.03 bits per heavy atom. The highest BCUT2D eigenvalue weighted by molar-refractivity contribution is 5.78. The smallest absolute Gasteiger partial charge is 0.311 e. The molecule has 2 unspecified atom stereocenters. The van der Waals surface area contributed by atoms with Gasteiger partial charge in [0, 0.05) is 43.9 Å². The first-order valence-corrected chi connectivity index (χ1v) is 10.5. The second-order valence-electron chi connectivity index (χ2n) is 7.58. The van der Waals surface area contributed by atoms with Gasteiger partial charge in [-0.2, -0.15) is 0 Å². The average molecular weight is 428 g/mol. The number of ether oxygens (including phenoxy) is 2. The minimum atomic E-state index is -0.519. The van der Waals surface area contributed by atoms with Crippen LogP contribution in [0, 0.1) is 10.1 Å². The number of hydrogen-bond acceptors (Lipinski definition) is 6. The molecule has 1 saturated heterocycles. The minimum Gasteiger partial charge on any atom is -0.490 e. The Balaban J connectivity index is 1.59. The highest BCUT2D eigenvalue weighted by Gasteiger charge is 2.32. The summed E-state index contributed by atoms with van der Waals surface area (Å²) < 4.78 is 10.7. The third-order valence-electron chi connectivity index (χ3n) is 5.84. The van der Waals surface area contributed by atoms with Crippen molar-refractivity contribution in [2.24, 2.45) is 0 Å². The Labute approximate surface area is 182 Å². The van der Waals surface area contributed by atoms with Gasteiger partial charge in [0.05, 0.1) is 12.0 Å². The molecule has 0 N–H and O–H groups in total. The Morgan fingerprint density at radius 1 is 1.29 bits per heavy atom. The summed E-state index contributed by atoms with van der Waals surface area (Å²) >= 11 is 0. The summed E-state index contributed by atoms with van der Waals surface area (Å²) in [6, 6.07) is 15.0. The van der Waals surface area contributed by atoms with E-state index in [2.05, 4.69) is 24.0 Å². The normalized spacial score (nSPS) is 17.2. The Kier molecular flexibility index (Phi) is 7.46. The third kappa shape index (κ3) is 5.32. The molecule has 0 radical (unpaired) electrons. The van der Waals surface area contributed by atoms with Gasteiger partial charge in [0.2, 0.25) is 5.75 Å². The number of rotatable bonds is 9. The first kappa shape index (κ1) is 22.6. The highest BCUT2D eigenvalue weighted by atomic mass is 16.6. The molecular formula is C23H29N3O5. The number of benzene rings is 2. The van der Waals surface area contributed by atoms with Crippen molar-refractivity contribution in [2.45, 2.75) is 32.4 Å². The van der Waals surface area contributed by atoms with Crippen LogP contribution in [-0.4, -0.2) is 60.0 Å². The molecule has 8 heteroatoms. The van der Waals surface area contributed by atoms with Gasteiger partial charge in [0.15, 0.2) is 6.61 Å². The number of carbonyl (C=O) groups excluding carboxylic acids is 1. The lowest BCUT2D eigenvalue weighted by Gasteiger charge is -2.29. The van der Waals surface area contributed by atoms with Crippen LogP contribution >= 0.6 is 0 Å². The largest absolute Gasteiger partial charge is 0.490 e. The van der Waals surface area contributed by atoms with Crippen molar-refractivity contribution in [1.82, 2.24) is 9.80 Å². The molecule has 2 aromatic rings. The minimum absolute atomic E-state index is 0.0981. The number of nitrogens with zero attached hydrogens (tertiary/aromatic N) is 3. The van der Waals surface area contributed by atoms with Gasteiger partial charge >= 0.3 is 5.69 Å². The molecule has 8 nitrogen and oxygen atoms in total. The molecule has 1 aliphatic heterocycles. The maximum absolute atomic E-state index is 12.9. The number of carbonyl (C=O) groups is 1. The molecule has 0 aliphatic carbocycles. The zero-order chi connectivity index (χ0) is 22.4. The summed E-state index contributed by atoms with van der Waals surface area (Å²) in [5.41, 5.74) is 1.13. The van der Waals surface area contributed by atoms with Crippen molar-refractivity contribution < 1.29 is 19.2 Å². The zero-order valence-corrected chi connectivity index (χ0v) is 18.2. The van der Waals surface area contributed by atoms with Gasteiger partial charge in [-0.05, 0) is 31.9 Å². The molecule has 31 heavy (non-hydrogen) atoms. The van der Waals surface area contributed by atoms with Gasteiger partial charge in [-0.25, -0.2) is 0 Å². The lowest BCUT2D eigenvalue weighted by atomic mass is 10.1. The first-order valence-electron chi connectivity index (χ1n) is 10.5. The number of likely N-dealkylation sites (tertiary alicyclic amines) is 1. The van der Waals surface area contributed by atoms with Crippen molar-refractivity contribution in [3.05, 3.63) is 64.2 Å². The van der Waals surface area contributed by atoms with Gasteiger partial charge in [-0.3, -0.25) is 19.8 Å². The molecule has 0 saturated carbocycles. The molecule has 166 valence electrons. The van der Waals surface area contributed by atoms with E-state index in [9.17, 15) is 14.9 Å². The van der Waals surface area contributed by atoms with Crippen LogP contribution in [0.3, 0.4) is 0 Å². The number of methoxy groups -OCH3 is 1. The quantitative estimate of drug-likeness (QED) is 0.448. The Morgan fingerprint density at radius 3 is 2.68 bits per heavy atom. The van der Waals surface area contributed by atoms with Crippen LogP contribution in [0.15, 0.2) is 48.5 Å². The maximum atomic E-state index is 12.9. The molecule has 1 heterocycles.